The van der Waals surface area contributed by atoms with Gasteiger partial charge in [0.1, 0.15) is 11.2 Å². The lowest BCUT2D eigenvalue weighted by atomic mass is 10.0. The summed E-state index contributed by atoms with van der Waals surface area (Å²) in [6, 6.07) is 38.7. The Morgan fingerprint density at radius 3 is 1.69 bits per heavy atom. The summed E-state index contributed by atoms with van der Waals surface area (Å²) in [5.41, 5.74) is 4.61. The molecule has 0 fully saturated rings. The van der Waals surface area contributed by atoms with Gasteiger partial charge < -0.3 is 4.42 Å². The van der Waals surface area contributed by atoms with E-state index in [1.165, 1.54) is 0 Å². The highest BCUT2D eigenvalue weighted by atomic mass is 16.3. The fourth-order valence-electron chi connectivity index (χ4n) is 4.62. The topological polar surface area (TPSA) is 51.8 Å². The van der Waals surface area contributed by atoms with Crippen LogP contribution in [0.3, 0.4) is 0 Å². The molecule has 4 nitrogen and oxygen atoms in total. The van der Waals surface area contributed by atoms with E-state index in [9.17, 15) is 0 Å². The Bertz CT molecular complexity index is 1780. The molecule has 0 amide bonds. The van der Waals surface area contributed by atoms with Gasteiger partial charge in [0.2, 0.25) is 0 Å². The van der Waals surface area contributed by atoms with Gasteiger partial charge in [-0.15, -0.1) is 0 Å². The zero-order chi connectivity index (χ0) is 23.2. The molecule has 2 heterocycles. The van der Waals surface area contributed by atoms with Crippen LogP contribution in [0.1, 0.15) is 0 Å². The first kappa shape index (κ1) is 19.6. The number of rotatable bonds is 3. The quantitative estimate of drug-likeness (QED) is 0.275. The Kier molecular flexibility index (Phi) is 4.42. The van der Waals surface area contributed by atoms with Gasteiger partial charge in [-0.25, -0.2) is 15.0 Å². The lowest BCUT2D eigenvalue weighted by Crippen LogP contribution is -2.00. The van der Waals surface area contributed by atoms with Crippen molar-refractivity contribution >= 4 is 32.7 Å². The maximum absolute atomic E-state index is 6.12. The van der Waals surface area contributed by atoms with E-state index < -0.39 is 0 Å². The molecule has 0 bridgehead atoms. The second-order valence-electron chi connectivity index (χ2n) is 8.51. The van der Waals surface area contributed by atoms with Crippen LogP contribution in [0.25, 0.3) is 66.9 Å². The summed E-state index contributed by atoms with van der Waals surface area (Å²) in [7, 11) is 0. The molecule has 164 valence electrons. The zero-order valence-corrected chi connectivity index (χ0v) is 18.7. The van der Waals surface area contributed by atoms with Crippen LogP contribution in [0.15, 0.2) is 120 Å². The number of benzene rings is 5. The number of para-hydroxylation sites is 1. The molecule has 5 aromatic carbocycles. The van der Waals surface area contributed by atoms with Gasteiger partial charge in [0.05, 0.1) is 0 Å². The third-order valence-corrected chi connectivity index (χ3v) is 6.32. The first-order valence-electron chi connectivity index (χ1n) is 11.5. The second kappa shape index (κ2) is 7.89. The molecule has 0 aliphatic heterocycles. The van der Waals surface area contributed by atoms with E-state index in [2.05, 4.69) is 30.3 Å². The molecule has 0 spiro atoms. The van der Waals surface area contributed by atoms with Gasteiger partial charge in [-0.1, -0.05) is 97.1 Å². The summed E-state index contributed by atoms with van der Waals surface area (Å²) >= 11 is 0. The van der Waals surface area contributed by atoms with Crippen molar-refractivity contribution in [1.29, 1.82) is 0 Å². The molecule has 0 aliphatic rings. The van der Waals surface area contributed by atoms with Gasteiger partial charge in [0.15, 0.2) is 17.5 Å². The SMILES string of the molecule is c1ccc(-c2nc(-c3ccccc3)nc(-c3ccc4ccc5oc6ccccc6c5c4c3)n2)cc1. The van der Waals surface area contributed by atoms with Crippen molar-refractivity contribution in [3.8, 4) is 34.2 Å². The number of furan rings is 1. The molecule has 0 saturated carbocycles. The third-order valence-electron chi connectivity index (χ3n) is 6.32. The van der Waals surface area contributed by atoms with Crippen molar-refractivity contribution in [3.63, 3.8) is 0 Å². The Labute approximate surface area is 201 Å². The summed E-state index contributed by atoms with van der Waals surface area (Å²) in [5.74, 6) is 1.95. The van der Waals surface area contributed by atoms with Gasteiger partial charge in [0, 0.05) is 27.5 Å². The Morgan fingerprint density at radius 1 is 0.429 bits per heavy atom. The number of hydrogen-bond donors (Lipinski definition) is 0. The van der Waals surface area contributed by atoms with Crippen molar-refractivity contribution in [1.82, 2.24) is 15.0 Å². The number of hydrogen-bond acceptors (Lipinski definition) is 4. The van der Waals surface area contributed by atoms with E-state index in [1.807, 2.05) is 84.9 Å². The highest BCUT2D eigenvalue weighted by molar-refractivity contribution is 6.19. The molecule has 7 rings (SSSR count). The normalized spacial score (nSPS) is 11.4. The van der Waals surface area contributed by atoms with Crippen LogP contribution < -0.4 is 0 Å². The molecule has 0 atom stereocenters. The largest absolute Gasteiger partial charge is 0.456 e. The summed E-state index contributed by atoms with van der Waals surface area (Å²) in [6.07, 6.45) is 0. The molecule has 7 aromatic rings. The van der Waals surface area contributed by atoms with Gasteiger partial charge in [-0.05, 0) is 29.0 Å². The number of aromatic nitrogens is 3. The van der Waals surface area contributed by atoms with Crippen LogP contribution in [0, 0.1) is 0 Å². The predicted molar refractivity (Wildman–Crippen MR) is 141 cm³/mol. The van der Waals surface area contributed by atoms with E-state index in [0.29, 0.717) is 17.5 Å². The van der Waals surface area contributed by atoms with Crippen molar-refractivity contribution < 1.29 is 4.42 Å². The maximum atomic E-state index is 6.12. The van der Waals surface area contributed by atoms with Crippen LogP contribution in [-0.2, 0) is 0 Å². The van der Waals surface area contributed by atoms with Crippen molar-refractivity contribution in [2.24, 2.45) is 0 Å². The molecule has 2 aromatic heterocycles. The Hall–Kier alpha value is -4.83. The van der Waals surface area contributed by atoms with E-state index in [-0.39, 0.29) is 0 Å². The minimum absolute atomic E-state index is 0.643. The van der Waals surface area contributed by atoms with Crippen LogP contribution in [0.5, 0.6) is 0 Å². The molecule has 0 aliphatic carbocycles. The van der Waals surface area contributed by atoms with Crippen molar-refractivity contribution in [2.45, 2.75) is 0 Å². The average molecular weight is 450 g/mol. The minimum atomic E-state index is 0.643. The number of nitrogens with zero attached hydrogens (tertiary/aromatic N) is 3. The predicted octanol–water partition coefficient (Wildman–Crippen LogP) is 7.93. The third kappa shape index (κ3) is 3.35. The molecule has 0 N–H and O–H groups in total. The fraction of sp³-hybridized carbons (Fsp3) is 0. The zero-order valence-electron chi connectivity index (χ0n) is 18.7. The summed E-state index contributed by atoms with van der Waals surface area (Å²) < 4.78 is 6.12. The summed E-state index contributed by atoms with van der Waals surface area (Å²) in [5, 5.41) is 4.48. The molecule has 0 radical (unpaired) electrons. The van der Waals surface area contributed by atoms with E-state index >= 15 is 0 Å². The fourth-order valence-corrected chi connectivity index (χ4v) is 4.62. The molecule has 0 saturated heterocycles. The average Bonchev–Trinajstić information content (AvgIpc) is 3.33. The van der Waals surface area contributed by atoms with Crippen molar-refractivity contribution in [2.75, 3.05) is 0 Å². The highest BCUT2D eigenvalue weighted by Gasteiger charge is 2.15. The number of fused-ring (bicyclic) bond motifs is 5. The lowest BCUT2D eigenvalue weighted by Gasteiger charge is -2.09. The summed E-state index contributed by atoms with van der Waals surface area (Å²) in [4.78, 5) is 14.6. The molecule has 0 unspecified atom stereocenters. The molecular formula is C31H19N3O. The summed E-state index contributed by atoms with van der Waals surface area (Å²) in [6.45, 7) is 0. The lowest BCUT2D eigenvalue weighted by molar-refractivity contribution is 0.669. The smallest absolute Gasteiger partial charge is 0.164 e. The van der Waals surface area contributed by atoms with E-state index in [4.69, 9.17) is 19.4 Å². The van der Waals surface area contributed by atoms with Crippen LogP contribution >= 0.6 is 0 Å². The minimum Gasteiger partial charge on any atom is -0.456 e. The van der Waals surface area contributed by atoms with Crippen molar-refractivity contribution in [3.05, 3.63) is 115 Å². The molecule has 35 heavy (non-hydrogen) atoms. The van der Waals surface area contributed by atoms with Crippen LogP contribution in [-0.4, -0.2) is 15.0 Å². The monoisotopic (exact) mass is 449 g/mol. The van der Waals surface area contributed by atoms with Crippen LogP contribution in [0.2, 0.25) is 0 Å². The molecular weight excluding hydrogens is 430 g/mol. The van der Waals surface area contributed by atoms with Gasteiger partial charge in [-0.3, -0.25) is 0 Å². The second-order valence-corrected chi connectivity index (χ2v) is 8.51. The van der Waals surface area contributed by atoms with Gasteiger partial charge in [-0.2, -0.15) is 0 Å². The highest BCUT2D eigenvalue weighted by Crippen LogP contribution is 2.36. The standard InChI is InChI=1S/C31H19N3O/c1-3-9-21(10-4-1)29-32-30(22-11-5-2-6-12-22)34-31(33-29)23-16-15-20-17-18-27-28(25(20)19-23)24-13-7-8-14-26(24)35-27/h1-19H. The first-order valence-corrected chi connectivity index (χ1v) is 11.5. The first-order chi connectivity index (χ1) is 17.3. The van der Waals surface area contributed by atoms with Gasteiger partial charge in [0.25, 0.3) is 0 Å². The van der Waals surface area contributed by atoms with Crippen LogP contribution in [0.4, 0.5) is 0 Å². The van der Waals surface area contributed by atoms with E-state index in [1.54, 1.807) is 0 Å². The molecule has 4 heteroatoms. The van der Waals surface area contributed by atoms with E-state index in [0.717, 1.165) is 49.4 Å². The Balaban J connectivity index is 1.49. The Morgan fingerprint density at radius 2 is 1.00 bits per heavy atom. The maximum Gasteiger partial charge on any atom is 0.164 e. The van der Waals surface area contributed by atoms with Gasteiger partial charge >= 0.3 is 0 Å².